The summed E-state index contributed by atoms with van der Waals surface area (Å²) in [6.45, 7) is 0.722. The molecule has 1 unspecified atom stereocenters. The highest BCUT2D eigenvalue weighted by Crippen LogP contribution is 2.27. The van der Waals surface area contributed by atoms with Crippen LogP contribution in [-0.2, 0) is 6.54 Å². The van der Waals surface area contributed by atoms with Crippen LogP contribution in [0.2, 0.25) is 0 Å². The second kappa shape index (κ2) is 9.80. The van der Waals surface area contributed by atoms with Crippen LogP contribution in [-0.4, -0.2) is 31.9 Å². The summed E-state index contributed by atoms with van der Waals surface area (Å²) in [4.78, 5) is 12.1. The molecule has 0 saturated heterocycles. The lowest BCUT2D eigenvalue weighted by Gasteiger charge is -2.15. The third kappa shape index (κ3) is 5.18. The molecule has 152 valence electrons. The highest BCUT2D eigenvalue weighted by molar-refractivity contribution is 5.86. The number of hydrogen-bond acceptors (Lipinski definition) is 4. The van der Waals surface area contributed by atoms with E-state index in [1.807, 2.05) is 54.6 Å². The van der Waals surface area contributed by atoms with E-state index in [1.54, 1.807) is 20.3 Å². The molecule has 0 aromatic heterocycles. The highest BCUT2D eigenvalue weighted by atomic mass is 16.5. The smallest absolute Gasteiger partial charge is 0.315 e. The number of fused-ring (bicyclic) bond motifs is 1. The van der Waals surface area contributed by atoms with Crippen LogP contribution >= 0.6 is 0 Å². The molecule has 3 N–H and O–H groups in total. The first-order chi connectivity index (χ1) is 14.1. The predicted octanol–water partition coefficient (Wildman–Crippen LogP) is 3.78. The van der Waals surface area contributed by atoms with Crippen molar-refractivity contribution in [2.75, 3.05) is 20.8 Å². The maximum atomic E-state index is 12.1. The van der Waals surface area contributed by atoms with Gasteiger partial charge in [0.2, 0.25) is 0 Å². The van der Waals surface area contributed by atoms with E-state index in [9.17, 15) is 9.90 Å². The summed E-state index contributed by atoms with van der Waals surface area (Å²) in [7, 11) is 3.15. The summed E-state index contributed by atoms with van der Waals surface area (Å²) in [6.07, 6.45) is -0.218. The summed E-state index contributed by atoms with van der Waals surface area (Å²) in [5.74, 6) is 1.26. The van der Waals surface area contributed by atoms with Crippen LogP contribution < -0.4 is 20.1 Å². The molecule has 0 aliphatic carbocycles. The quantitative estimate of drug-likeness (QED) is 0.543. The second-order valence-corrected chi connectivity index (χ2v) is 6.67. The summed E-state index contributed by atoms with van der Waals surface area (Å²) < 4.78 is 10.5. The average Bonchev–Trinajstić information content (AvgIpc) is 2.76. The van der Waals surface area contributed by atoms with Crippen LogP contribution in [0.3, 0.4) is 0 Å². The largest absolute Gasteiger partial charge is 0.493 e. The van der Waals surface area contributed by atoms with Gasteiger partial charge in [0, 0.05) is 13.1 Å². The fourth-order valence-electron chi connectivity index (χ4n) is 3.25. The number of ether oxygens (including phenoxy) is 2. The molecule has 0 fully saturated rings. The molecule has 0 spiro atoms. The van der Waals surface area contributed by atoms with Crippen LogP contribution in [0, 0.1) is 0 Å². The van der Waals surface area contributed by atoms with Crippen molar-refractivity contribution >= 4 is 16.8 Å². The van der Waals surface area contributed by atoms with Crippen LogP contribution in [0.5, 0.6) is 11.5 Å². The summed E-state index contributed by atoms with van der Waals surface area (Å²) in [5, 5.41) is 18.3. The molecule has 0 radical (unpaired) electrons. The molecular formula is C23H26N2O4. The van der Waals surface area contributed by atoms with Crippen molar-refractivity contribution in [3.63, 3.8) is 0 Å². The normalized spacial score (nSPS) is 11.7. The lowest BCUT2D eigenvalue weighted by molar-refractivity contribution is 0.168. The van der Waals surface area contributed by atoms with Crippen molar-refractivity contribution in [3.8, 4) is 11.5 Å². The van der Waals surface area contributed by atoms with E-state index in [-0.39, 0.29) is 6.03 Å². The third-order valence-electron chi connectivity index (χ3n) is 4.79. The maximum absolute atomic E-state index is 12.1. The van der Waals surface area contributed by atoms with E-state index in [1.165, 1.54) is 0 Å². The van der Waals surface area contributed by atoms with Crippen molar-refractivity contribution in [2.24, 2.45) is 0 Å². The molecule has 3 aromatic carbocycles. The number of urea groups is 1. The lowest BCUT2D eigenvalue weighted by atomic mass is 9.99. The number of nitrogens with one attached hydrogen (secondary N) is 2. The van der Waals surface area contributed by atoms with Crippen LogP contribution in [0.25, 0.3) is 10.8 Å². The zero-order valence-corrected chi connectivity index (χ0v) is 16.6. The predicted molar refractivity (Wildman–Crippen MR) is 113 cm³/mol. The Morgan fingerprint density at radius 1 is 0.966 bits per heavy atom. The van der Waals surface area contributed by atoms with Crippen LogP contribution in [0.4, 0.5) is 4.79 Å². The molecule has 3 rings (SSSR count). The topological polar surface area (TPSA) is 79.8 Å². The Balaban J connectivity index is 1.48. The lowest BCUT2D eigenvalue weighted by Crippen LogP contribution is -2.36. The number of aliphatic hydroxyl groups excluding tert-OH is 1. The fraction of sp³-hybridized carbons (Fsp3) is 0.261. The van der Waals surface area contributed by atoms with Crippen LogP contribution in [0.1, 0.15) is 23.7 Å². The Hall–Kier alpha value is -3.25. The van der Waals surface area contributed by atoms with Gasteiger partial charge in [0.05, 0.1) is 20.3 Å². The molecule has 0 aliphatic heterocycles. The average molecular weight is 394 g/mol. The Morgan fingerprint density at radius 3 is 2.52 bits per heavy atom. The molecule has 0 heterocycles. The van der Waals surface area contributed by atoms with Gasteiger partial charge in [-0.1, -0.05) is 48.5 Å². The SMILES string of the molecule is COc1ccc(CNC(=O)NCCC(O)c2cccc3ccccc23)cc1OC. The Morgan fingerprint density at radius 2 is 1.72 bits per heavy atom. The first-order valence-electron chi connectivity index (χ1n) is 9.50. The summed E-state index contributed by atoms with van der Waals surface area (Å²) in [6, 6.07) is 19.0. The van der Waals surface area contributed by atoms with Gasteiger partial charge in [0.15, 0.2) is 11.5 Å². The van der Waals surface area contributed by atoms with Crippen molar-refractivity contribution < 1.29 is 19.4 Å². The van der Waals surface area contributed by atoms with Gasteiger partial charge in [-0.3, -0.25) is 0 Å². The third-order valence-corrected chi connectivity index (χ3v) is 4.79. The van der Waals surface area contributed by atoms with Crippen LogP contribution in [0.15, 0.2) is 60.7 Å². The molecule has 0 bridgehead atoms. The monoisotopic (exact) mass is 394 g/mol. The minimum Gasteiger partial charge on any atom is -0.493 e. The number of methoxy groups -OCH3 is 2. The van der Waals surface area contributed by atoms with E-state index in [0.717, 1.165) is 21.9 Å². The number of carbonyl (C=O) groups excluding carboxylic acids is 1. The van der Waals surface area contributed by atoms with E-state index < -0.39 is 6.10 Å². The molecular weight excluding hydrogens is 368 g/mol. The van der Waals surface area contributed by atoms with Crippen molar-refractivity contribution in [1.82, 2.24) is 10.6 Å². The summed E-state index contributed by atoms with van der Waals surface area (Å²) >= 11 is 0. The molecule has 29 heavy (non-hydrogen) atoms. The van der Waals surface area contributed by atoms with Gasteiger partial charge in [0.25, 0.3) is 0 Å². The number of amides is 2. The van der Waals surface area contributed by atoms with Gasteiger partial charge in [-0.2, -0.15) is 0 Å². The zero-order valence-electron chi connectivity index (χ0n) is 16.6. The number of hydrogen-bond donors (Lipinski definition) is 3. The van der Waals surface area contributed by atoms with Gasteiger partial charge in [-0.25, -0.2) is 4.79 Å². The Labute approximate surface area is 170 Å². The molecule has 6 heteroatoms. The molecule has 6 nitrogen and oxygen atoms in total. The summed E-state index contributed by atoms with van der Waals surface area (Å²) in [5.41, 5.74) is 1.77. The zero-order chi connectivity index (χ0) is 20.6. The first-order valence-corrected chi connectivity index (χ1v) is 9.50. The van der Waals surface area contributed by atoms with Crippen molar-refractivity contribution in [2.45, 2.75) is 19.1 Å². The number of rotatable bonds is 8. The molecule has 1 atom stereocenters. The first kappa shape index (κ1) is 20.5. The Kier molecular flexibility index (Phi) is 6.92. The van der Waals surface area contributed by atoms with E-state index in [0.29, 0.717) is 31.0 Å². The van der Waals surface area contributed by atoms with E-state index in [2.05, 4.69) is 10.6 Å². The van der Waals surface area contributed by atoms with Crippen molar-refractivity contribution in [3.05, 3.63) is 71.8 Å². The minimum atomic E-state index is -0.646. The molecule has 2 amide bonds. The number of carbonyl (C=O) groups is 1. The fourth-order valence-corrected chi connectivity index (χ4v) is 3.25. The van der Waals surface area contributed by atoms with Gasteiger partial charge in [-0.05, 0) is 40.5 Å². The van der Waals surface area contributed by atoms with E-state index >= 15 is 0 Å². The molecule has 0 aliphatic rings. The standard InChI is InChI=1S/C23H26N2O4/c1-28-21-11-10-16(14-22(21)29-2)15-25-23(27)24-13-12-20(26)19-9-5-7-17-6-3-4-8-18(17)19/h3-11,14,20,26H,12-13,15H2,1-2H3,(H2,24,25,27). The molecule has 0 saturated carbocycles. The van der Waals surface area contributed by atoms with Gasteiger partial charge in [-0.15, -0.1) is 0 Å². The minimum absolute atomic E-state index is 0.287. The number of aliphatic hydroxyl groups is 1. The highest BCUT2D eigenvalue weighted by Gasteiger charge is 2.12. The number of benzene rings is 3. The Bertz CT molecular complexity index is 969. The molecule has 3 aromatic rings. The second-order valence-electron chi connectivity index (χ2n) is 6.67. The van der Waals surface area contributed by atoms with E-state index in [4.69, 9.17) is 9.47 Å². The van der Waals surface area contributed by atoms with Gasteiger partial charge < -0.3 is 25.2 Å². The van der Waals surface area contributed by atoms with Crippen molar-refractivity contribution in [1.29, 1.82) is 0 Å². The maximum Gasteiger partial charge on any atom is 0.315 e. The van der Waals surface area contributed by atoms with Gasteiger partial charge >= 0.3 is 6.03 Å². The van der Waals surface area contributed by atoms with Gasteiger partial charge in [0.1, 0.15) is 0 Å².